The Hall–Kier alpha value is -2.80. The summed E-state index contributed by atoms with van der Waals surface area (Å²) in [6, 6.07) is 17.7. The molecule has 0 aromatic heterocycles. The first kappa shape index (κ1) is 15.1. The van der Waals surface area contributed by atoms with Gasteiger partial charge in [-0.05, 0) is 35.7 Å². The van der Waals surface area contributed by atoms with Crippen LogP contribution in [0.15, 0.2) is 48.5 Å². The maximum absolute atomic E-state index is 12.8. The van der Waals surface area contributed by atoms with E-state index in [0.717, 1.165) is 22.6 Å². The van der Waals surface area contributed by atoms with Crippen molar-refractivity contribution < 1.29 is 9.53 Å². The van der Waals surface area contributed by atoms with Crippen molar-refractivity contribution in [3.8, 4) is 11.8 Å². The van der Waals surface area contributed by atoms with Crippen LogP contribution in [-0.2, 0) is 11.3 Å². The van der Waals surface area contributed by atoms with Crippen molar-refractivity contribution in [1.29, 1.82) is 5.26 Å². The monoisotopic (exact) mass is 306 g/mol. The van der Waals surface area contributed by atoms with Gasteiger partial charge < -0.3 is 9.64 Å². The summed E-state index contributed by atoms with van der Waals surface area (Å²) >= 11 is 0. The maximum atomic E-state index is 12.8. The highest BCUT2D eigenvalue weighted by molar-refractivity contribution is 6.04. The normalized spacial score (nSPS) is 16.1. The predicted octanol–water partition coefficient (Wildman–Crippen LogP) is 3.63. The highest BCUT2D eigenvalue weighted by Gasteiger charge is 2.36. The fraction of sp³-hybridized carbons (Fsp3) is 0.263. The van der Waals surface area contributed by atoms with Crippen LogP contribution >= 0.6 is 0 Å². The van der Waals surface area contributed by atoms with Crippen molar-refractivity contribution in [2.45, 2.75) is 25.3 Å². The Morgan fingerprint density at radius 3 is 2.61 bits per heavy atom. The molecule has 23 heavy (non-hydrogen) atoms. The SMILES string of the molecule is COc1ccc(CN2C(=O)C(CCC#N)c3ccccc32)cc1. The second kappa shape index (κ2) is 6.53. The Kier molecular flexibility index (Phi) is 4.29. The van der Waals surface area contributed by atoms with Crippen LogP contribution < -0.4 is 9.64 Å². The van der Waals surface area contributed by atoms with Crippen LogP contribution in [0.4, 0.5) is 5.69 Å². The summed E-state index contributed by atoms with van der Waals surface area (Å²) < 4.78 is 5.17. The van der Waals surface area contributed by atoms with Gasteiger partial charge in [-0.25, -0.2) is 0 Å². The zero-order chi connectivity index (χ0) is 16.2. The molecule has 1 atom stereocenters. The van der Waals surface area contributed by atoms with E-state index in [2.05, 4.69) is 6.07 Å². The lowest BCUT2D eigenvalue weighted by Crippen LogP contribution is -2.28. The molecule has 1 amide bonds. The van der Waals surface area contributed by atoms with E-state index in [4.69, 9.17) is 10.00 Å². The first-order chi connectivity index (χ1) is 11.2. The number of para-hydroxylation sites is 1. The number of benzene rings is 2. The van der Waals surface area contributed by atoms with Crippen LogP contribution in [-0.4, -0.2) is 13.0 Å². The average Bonchev–Trinajstić information content (AvgIpc) is 2.86. The van der Waals surface area contributed by atoms with Crippen LogP contribution in [0.5, 0.6) is 5.75 Å². The second-order valence-corrected chi connectivity index (χ2v) is 5.58. The summed E-state index contributed by atoms with van der Waals surface area (Å²) in [6.07, 6.45) is 0.965. The summed E-state index contributed by atoms with van der Waals surface area (Å²) in [6.45, 7) is 0.531. The molecule has 1 unspecified atom stereocenters. The van der Waals surface area contributed by atoms with Gasteiger partial charge in [0.05, 0.1) is 25.6 Å². The number of carbonyl (C=O) groups is 1. The Labute approximate surface area is 135 Å². The molecule has 1 aliphatic rings. The van der Waals surface area contributed by atoms with Crippen LogP contribution in [0.1, 0.15) is 29.9 Å². The minimum atomic E-state index is -0.205. The molecule has 0 N–H and O–H groups in total. The fourth-order valence-electron chi connectivity index (χ4n) is 3.03. The molecule has 2 aromatic carbocycles. The molecular formula is C19H18N2O2. The molecule has 2 aromatic rings. The van der Waals surface area contributed by atoms with E-state index in [1.165, 1.54) is 0 Å². The number of carbonyl (C=O) groups excluding carboxylic acids is 1. The Balaban J connectivity index is 1.86. The average molecular weight is 306 g/mol. The fourth-order valence-corrected chi connectivity index (χ4v) is 3.03. The molecular weight excluding hydrogens is 288 g/mol. The number of anilines is 1. The number of ether oxygens (including phenoxy) is 1. The Bertz CT molecular complexity index is 747. The van der Waals surface area contributed by atoms with Gasteiger partial charge in [-0.1, -0.05) is 30.3 Å². The molecule has 1 aliphatic heterocycles. The standard InChI is InChI=1S/C19H18N2O2/c1-23-15-10-8-14(9-11-15)13-21-18-7-3-2-5-16(18)17(19(21)22)6-4-12-20/h2-3,5,7-11,17H,4,6,13H2,1H3. The van der Waals surface area contributed by atoms with Crippen molar-refractivity contribution in [2.75, 3.05) is 12.0 Å². The zero-order valence-corrected chi connectivity index (χ0v) is 13.0. The maximum Gasteiger partial charge on any atom is 0.234 e. The van der Waals surface area contributed by atoms with Gasteiger partial charge in [0.25, 0.3) is 0 Å². The molecule has 3 rings (SSSR count). The number of methoxy groups -OCH3 is 1. The number of nitriles is 1. The van der Waals surface area contributed by atoms with Crippen LogP contribution in [0.2, 0.25) is 0 Å². The molecule has 1 heterocycles. The molecule has 4 heteroatoms. The lowest BCUT2D eigenvalue weighted by molar-refractivity contribution is -0.119. The third-order valence-electron chi connectivity index (χ3n) is 4.21. The molecule has 0 fully saturated rings. The van der Waals surface area contributed by atoms with Gasteiger partial charge in [-0.3, -0.25) is 4.79 Å². The van der Waals surface area contributed by atoms with Crippen molar-refractivity contribution in [1.82, 2.24) is 0 Å². The molecule has 0 radical (unpaired) electrons. The predicted molar refractivity (Wildman–Crippen MR) is 88.2 cm³/mol. The number of hydrogen-bond donors (Lipinski definition) is 0. The lowest BCUT2D eigenvalue weighted by atomic mass is 9.96. The van der Waals surface area contributed by atoms with Crippen molar-refractivity contribution in [2.24, 2.45) is 0 Å². The third kappa shape index (κ3) is 2.91. The molecule has 0 spiro atoms. The Morgan fingerprint density at radius 1 is 1.17 bits per heavy atom. The summed E-state index contributed by atoms with van der Waals surface area (Å²) in [5.41, 5.74) is 3.03. The van der Waals surface area contributed by atoms with Gasteiger partial charge in [0.15, 0.2) is 0 Å². The van der Waals surface area contributed by atoms with E-state index in [9.17, 15) is 4.79 Å². The van der Waals surface area contributed by atoms with E-state index in [0.29, 0.717) is 19.4 Å². The van der Waals surface area contributed by atoms with Gasteiger partial charge in [-0.2, -0.15) is 5.26 Å². The van der Waals surface area contributed by atoms with Gasteiger partial charge in [0.1, 0.15) is 5.75 Å². The molecule has 4 nitrogen and oxygen atoms in total. The molecule has 0 aliphatic carbocycles. The zero-order valence-electron chi connectivity index (χ0n) is 13.0. The van der Waals surface area contributed by atoms with Crippen LogP contribution in [0.3, 0.4) is 0 Å². The van der Waals surface area contributed by atoms with Gasteiger partial charge in [0.2, 0.25) is 5.91 Å². The number of rotatable bonds is 5. The van der Waals surface area contributed by atoms with E-state index in [-0.39, 0.29) is 11.8 Å². The number of nitrogens with zero attached hydrogens (tertiary/aromatic N) is 2. The summed E-state index contributed by atoms with van der Waals surface area (Å²) in [4.78, 5) is 14.6. The van der Waals surface area contributed by atoms with E-state index in [1.807, 2.05) is 53.4 Å². The molecule has 116 valence electrons. The summed E-state index contributed by atoms with van der Waals surface area (Å²) in [5.74, 6) is 0.676. The van der Waals surface area contributed by atoms with Gasteiger partial charge >= 0.3 is 0 Å². The molecule has 0 saturated carbocycles. The first-order valence-corrected chi connectivity index (χ1v) is 7.64. The summed E-state index contributed by atoms with van der Waals surface area (Å²) in [7, 11) is 1.63. The number of amides is 1. The van der Waals surface area contributed by atoms with Crippen molar-refractivity contribution in [3.05, 3.63) is 59.7 Å². The van der Waals surface area contributed by atoms with Gasteiger partial charge in [0, 0.05) is 12.1 Å². The highest BCUT2D eigenvalue weighted by Crippen LogP contribution is 2.40. The Morgan fingerprint density at radius 2 is 1.91 bits per heavy atom. The van der Waals surface area contributed by atoms with Crippen molar-refractivity contribution >= 4 is 11.6 Å². The number of fused-ring (bicyclic) bond motifs is 1. The minimum absolute atomic E-state index is 0.0808. The topological polar surface area (TPSA) is 53.3 Å². The molecule has 0 bridgehead atoms. The second-order valence-electron chi connectivity index (χ2n) is 5.58. The lowest BCUT2D eigenvalue weighted by Gasteiger charge is -2.18. The van der Waals surface area contributed by atoms with E-state index >= 15 is 0 Å². The van der Waals surface area contributed by atoms with Crippen LogP contribution in [0, 0.1) is 11.3 Å². The first-order valence-electron chi connectivity index (χ1n) is 7.64. The van der Waals surface area contributed by atoms with E-state index in [1.54, 1.807) is 7.11 Å². The smallest absolute Gasteiger partial charge is 0.234 e. The molecule has 0 saturated heterocycles. The minimum Gasteiger partial charge on any atom is -0.497 e. The van der Waals surface area contributed by atoms with Crippen molar-refractivity contribution in [3.63, 3.8) is 0 Å². The largest absolute Gasteiger partial charge is 0.497 e. The van der Waals surface area contributed by atoms with E-state index < -0.39 is 0 Å². The third-order valence-corrected chi connectivity index (χ3v) is 4.21. The van der Waals surface area contributed by atoms with Gasteiger partial charge in [-0.15, -0.1) is 0 Å². The number of hydrogen-bond acceptors (Lipinski definition) is 3. The summed E-state index contributed by atoms with van der Waals surface area (Å²) in [5, 5.41) is 8.82. The quantitative estimate of drug-likeness (QED) is 0.847. The highest BCUT2D eigenvalue weighted by atomic mass is 16.5. The van der Waals surface area contributed by atoms with Crippen LogP contribution in [0.25, 0.3) is 0 Å².